The molecule has 3 fully saturated rings. The molecular formula is C18H18FN3O6S2. The second-order valence-electron chi connectivity index (χ2n) is 7.83. The van der Waals surface area contributed by atoms with E-state index in [0.717, 1.165) is 5.56 Å². The molecule has 0 atom stereocenters. The van der Waals surface area contributed by atoms with Gasteiger partial charge in [-0.15, -0.1) is 0 Å². The highest BCUT2D eigenvalue weighted by Crippen LogP contribution is 2.41. The molecular weight excluding hydrogens is 437 g/mol. The van der Waals surface area contributed by atoms with Gasteiger partial charge in [-0.1, -0.05) is 12.1 Å². The number of carbonyl (C=O) groups is 1. The molecule has 2 aromatic rings. The molecule has 0 bridgehead atoms. The quantitative estimate of drug-likeness (QED) is 0.701. The van der Waals surface area contributed by atoms with Crippen molar-refractivity contribution >= 4 is 42.6 Å². The Kier molecular flexibility index (Phi) is 4.09. The summed E-state index contributed by atoms with van der Waals surface area (Å²) in [6, 6.07) is 6.11. The maximum Gasteiger partial charge on any atom is 0.326 e. The summed E-state index contributed by atoms with van der Waals surface area (Å²) in [5, 5.41) is 10.4. The van der Waals surface area contributed by atoms with Crippen LogP contribution in [0.5, 0.6) is 5.75 Å². The van der Waals surface area contributed by atoms with E-state index in [1.54, 1.807) is 16.9 Å². The predicted octanol–water partition coefficient (Wildman–Crippen LogP) is 0.757. The number of phenols is 1. The van der Waals surface area contributed by atoms with Gasteiger partial charge in [-0.2, -0.15) is 8.42 Å². The number of nitrogens with zero attached hydrogens (tertiary/aromatic N) is 2. The fourth-order valence-electron chi connectivity index (χ4n) is 3.92. The van der Waals surface area contributed by atoms with E-state index in [0.29, 0.717) is 35.6 Å². The third-order valence-electron chi connectivity index (χ3n) is 5.75. The Morgan fingerprint density at radius 2 is 1.87 bits per heavy atom. The number of fused-ring (bicyclic) bond motifs is 1. The number of aromatic hydroxyl groups is 1. The summed E-state index contributed by atoms with van der Waals surface area (Å²) >= 11 is 0. The van der Waals surface area contributed by atoms with Crippen molar-refractivity contribution in [1.82, 2.24) is 9.03 Å². The Hall–Kier alpha value is -2.44. The monoisotopic (exact) mass is 455 g/mol. The van der Waals surface area contributed by atoms with Crippen LogP contribution < -0.4 is 9.03 Å². The molecule has 2 aliphatic heterocycles. The molecule has 1 amide bonds. The van der Waals surface area contributed by atoms with Crippen LogP contribution in [0.3, 0.4) is 0 Å². The second kappa shape index (κ2) is 6.28. The van der Waals surface area contributed by atoms with Crippen LogP contribution in [-0.2, 0) is 25.0 Å². The van der Waals surface area contributed by atoms with Crippen LogP contribution in [0.2, 0.25) is 0 Å². The molecule has 1 saturated carbocycles. The zero-order valence-corrected chi connectivity index (χ0v) is 17.2. The Morgan fingerprint density at radius 1 is 1.17 bits per heavy atom. The van der Waals surface area contributed by atoms with Crippen molar-refractivity contribution in [3.8, 4) is 5.75 Å². The Bertz CT molecular complexity index is 1300. The van der Waals surface area contributed by atoms with Gasteiger partial charge in [-0.25, -0.2) is 26.1 Å². The molecule has 5 rings (SSSR count). The molecule has 2 saturated heterocycles. The molecule has 0 radical (unpaired) electrons. The Balaban J connectivity index is 1.50. The summed E-state index contributed by atoms with van der Waals surface area (Å²) in [5.74, 6) is -2.49. The molecule has 3 aliphatic rings. The molecule has 0 spiro atoms. The maximum absolute atomic E-state index is 15.3. The molecule has 9 nitrogen and oxygen atoms in total. The number of phenolic OH excluding ortho intramolecular Hbond substituents is 1. The fraction of sp³-hybridized carbons (Fsp3) is 0.389. The van der Waals surface area contributed by atoms with Crippen molar-refractivity contribution in [2.45, 2.75) is 24.0 Å². The lowest BCUT2D eigenvalue weighted by atomic mass is 9.91. The highest BCUT2D eigenvalue weighted by atomic mass is 32.2. The van der Waals surface area contributed by atoms with Gasteiger partial charge in [0, 0.05) is 24.4 Å². The van der Waals surface area contributed by atoms with Gasteiger partial charge in [0.1, 0.15) is 18.0 Å². The zero-order valence-electron chi connectivity index (χ0n) is 15.6. The molecule has 1 aliphatic carbocycles. The lowest BCUT2D eigenvalue weighted by molar-refractivity contribution is -0.117. The van der Waals surface area contributed by atoms with Crippen LogP contribution in [0.1, 0.15) is 24.3 Å². The number of benzene rings is 2. The number of sulfonamides is 1. The van der Waals surface area contributed by atoms with E-state index in [1.807, 2.05) is 0 Å². The summed E-state index contributed by atoms with van der Waals surface area (Å²) in [6.07, 6.45) is 1.38. The standard InChI is InChI=1S/C18H18FN3O6S2/c19-17-14-5-10(12-7-21(8-12)29(25,26)13-3-4-13)1-2-11(14)6-15(23)18(17)22-9-16(24)20-30(22,27)28/h1-2,5-6,12-13,23H,3-4,7-9H2,(H,20,24). The highest BCUT2D eigenvalue weighted by Gasteiger charge is 2.45. The van der Waals surface area contributed by atoms with E-state index < -0.39 is 49.9 Å². The van der Waals surface area contributed by atoms with E-state index >= 15 is 4.39 Å². The molecule has 2 heterocycles. The molecule has 12 heteroatoms. The van der Waals surface area contributed by atoms with E-state index in [-0.39, 0.29) is 16.6 Å². The van der Waals surface area contributed by atoms with Crippen molar-refractivity contribution in [3.63, 3.8) is 0 Å². The third kappa shape index (κ3) is 2.93. The average molecular weight is 455 g/mol. The smallest absolute Gasteiger partial charge is 0.326 e. The van der Waals surface area contributed by atoms with Gasteiger partial charge in [0.2, 0.25) is 10.0 Å². The summed E-state index contributed by atoms with van der Waals surface area (Å²) in [6.45, 7) is 0.000271. The molecule has 2 aromatic carbocycles. The first-order chi connectivity index (χ1) is 14.1. The van der Waals surface area contributed by atoms with Gasteiger partial charge in [0.25, 0.3) is 5.91 Å². The minimum atomic E-state index is -4.29. The normalized spacial score (nSPS) is 22.3. The first kappa shape index (κ1) is 19.5. The van der Waals surface area contributed by atoms with Crippen LogP contribution in [0.25, 0.3) is 10.8 Å². The average Bonchev–Trinajstić information content (AvgIpc) is 3.41. The minimum Gasteiger partial charge on any atom is -0.506 e. The van der Waals surface area contributed by atoms with Crippen LogP contribution in [0.15, 0.2) is 24.3 Å². The van der Waals surface area contributed by atoms with Gasteiger partial charge in [0.05, 0.1) is 5.25 Å². The first-order valence-electron chi connectivity index (χ1n) is 9.35. The van der Waals surface area contributed by atoms with E-state index in [2.05, 4.69) is 0 Å². The molecule has 2 N–H and O–H groups in total. The zero-order chi connectivity index (χ0) is 21.4. The number of hydrogen-bond donors (Lipinski definition) is 2. The number of rotatable bonds is 4. The molecule has 0 unspecified atom stereocenters. The van der Waals surface area contributed by atoms with Crippen molar-refractivity contribution < 1.29 is 31.1 Å². The lowest BCUT2D eigenvalue weighted by Crippen LogP contribution is -2.49. The summed E-state index contributed by atoms with van der Waals surface area (Å²) in [4.78, 5) is 11.5. The predicted molar refractivity (Wildman–Crippen MR) is 106 cm³/mol. The number of halogens is 1. The Labute approximate surface area is 172 Å². The minimum absolute atomic E-state index is 0.0818. The van der Waals surface area contributed by atoms with Gasteiger partial charge < -0.3 is 5.11 Å². The van der Waals surface area contributed by atoms with Crippen molar-refractivity contribution in [2.75, 3.05) is 23.9 Å². The number of amides is 1. The van der Waals surface area contributed by atoms with E-state index in [1.165, 1.54) is 16.4 Å². The number of anilines is 1. The van der Waals surface area contributed by atoms with Crippen molar-refractivity contribution in [3.05, 3.63) is 35.6 Å². The maximum atomic E-state index is 15.3. The van der Waals surface area contributed by atoms with Gasteiger partial charge in [0.15, 0.2) is 5.82 Å². The lowest BCUT2D eigenvalue weighted by Gasteiger charge is -2.38. The topological polar surface area (TPSA) is 124 Å². The SMILES string of the molecule is O=C1CN(c2c(O)cc3ccc(C4CN(S(=O)(=O)C5CC5)C4)cc3c2F)S(=O)(=O)N1. The number of hydrogen-bond acceptors (Lipinski definition) is 6. The van der Waals surface area contributed by atoms with Gasteiger partial charge >= 0.3 is 10.2 Å². The van der Waals surface area contributed by atoms with Crippen LogP contribution >= 0.6 is 0 Å². The molecule has 0 aromatic heterocycles. The first-order valence-corrected chi connectivity index (χ1v) is 12.3. The fourth-order valence-corrected chi connectivity index (χ4v) is 7.01. The number of carbonyl (C=O) groups excluding carboxylic acids is 1. The summed E-state index contributed by atoms with van der Waals surface area (Å²) < 4.78 is 67.7. The molecule has 30 heavy (non-hydrogen) atoms. The van der Waals surface area contributed by atoms with Crippen LogP contribution in [-0.4, -0.2) is 57.0 Å². The van der Waals surface area contributed by atoms with E-state index in [9.17, 15) is 26.7 Å². The largest absolute Gasteiger partial charge is 0.506 e. The highest BCUT2D eigenvalue weighted by molar-refractivity contribution is 7.92. The van der Waals surface area contributed by atoms with Crippen LogP contribution in [0, 0.1) is 5.82 Å². The van der Waals surface area contributed by atoms with Crippen molar-refractivity contribution in [1.29, 1.82) is 0 Å². The second-order valence-corrected chi connectivity index (χ2v) is 11.6. The van der Waals surface area contributed by atoms with E-state index in [4.69, 9.17) is 0 Å². The van der Waals surface area contributed by atoms with Crippen molar-refractivity contribution in [2.24, 2.45) is 0 Å². The van der Waals surface area contributed by atoms with Gasteiger partial charge in [-0.05, 0) is 35.9 Å². The third-order valence-corrected chi connectivity index (χ3v) is 9.46. The van der Waals surface area contributed by atoms with Gasteiger partial charge in [-0.3, -0.25) is 4.79 Å². The summed E-state index contributed by atoms with van der Waals surface area (Å²) in [5.41, 5.74) is 0.128. The van der Waals surface area contributed by atoms with Crippen LogP contribution in [0.4, 0.5) is 10.1 Å². The summed E-state index contributed by atoms with van der Waals surface area (Å²) in [7, 11) is -7.54. The Morgan fingerprint density at radius 3 is 2.47 bits per heavy atom. The number of nitrogens with one attached hydrogen (secondary N) is 1. The molecule has 160 valence electrons.